The first kappa shape index (κ1) is 4.72. The summed E-state index contributed by atoms with van der Waals surface area (Å²) in [4.78, 5) is 10.2. The van der Waals surface area contributed by atoms with Gasteiger partial charge in [-0.1, -0.05) is 0 Å². The van der Waals surface area contributed by atoms with Gasteiger partial charge >= 0.3 is 48.0 Å². The summed E-state index contributed by atoms with van der Waals surface area (Å²) >= 11 is 2.23. The van der Waals surface area contributed by atoms with Crippen LogP contribution in [-0.4, -0.2) is 27.1 Å². The molecule has 0 fully saturated rings. The predicted octanol–water partition coefficient (Wildman–Crippen LogP) is -1.50. The number of hydrogen-bond acceptors (Lipinski definition) is 1. The summed E-state index contributed by atoms with van der Waals surface area (Å²) in [5.74, 6) is 0. The minimum absolute atomic E-state index is 0.0874. The Morgan fingerprint density at radius 3 is 2.43 bits per heavy atom. The zero-order valence-electron chi connectivity index (χ0n) is 3.43. The molecule has 0 aliphatic rings. The molecule has 3 nitrogen and oxygen atoms in total. The van der Waals surface area contributed by atoms with Crippen molar-refractivity contribution in [2.75, 3.05) is 0 Å². The molecule has 0 aromatic carbocycles. The van der Waals surface area contributed by atoms with Crippen LogP contribution in [0.2, 0.25) is 0 Å². The van der Waals surface area contributed by atoms with Crippen LogP contribution in [0.4, 0.5) is 0 Å². The van der Waals surface area contributed by atoms with E-state index in [1.165, 1.54) is 6.07 Å². The van der Waals surface area contributed by atoms with Crippen LogP contribution in [-0.2, 0) is 0 Å². The van der Waals surface area contributed by atoms with Crippen LogP contribution in [0.25, 0.3) is 0 Å². The molecule has 0 aliphatic carbocycles. The molecule has 0 unspecified atom stereocenters. The third kappa shape index (κ3) is 0.966. The van der Waals surface area contributed by atoms with E-state index in [0.717, 1.165) is 4.48 Å². The Balaban J connectivity index is 3.30. The van der Waals surface area contributed by atoms with Gasteiger partial charge in [-0.3, -0.25) is 0 Å². The van der Waals surface area contributed by atoms with Crippen LogP contribution in [0.15, 0.2) is 10.9 Å². The second-order valence-corrected chi connectivity index (χ2v) is 2.15. The Labute approximate surface area is 48.6 Å². The SMILES string of the molecule is O=c1cc([As])[nH][nH]1. The molecule has 0 saturated heterocycles. The van der Waals surface area contributed by atoms with Gasteiger partial charge in [0.15, 0.2) is 0 Å². The average molecular weight is 158 g/mol. The Morgan fingerprint density at radius 1 is 1.57 bits per heavy atom. The molecule has 0 saturated carbocycles. The molecule has 0 aliphatic heterocycles. The van der Waals surface area contributed by atoms with Crippen molar-refractivity contribution in [3.8, 4) is 0 Å². The topological polar surface area (TPSA) is 48.6 Å². The van der Waals surface area contributed by atoms with Crippen LogP contribution in [0.1, 0.15) is 0 Å². The maximum atomic E-state index is 10.2. The van der Waals surface area contributed by atoms with Crippen molar-refractivity contribution in [2.24, 2.45) is 0 Å². The van der Waals surface area contributed by atoms with Crippen molar-refractivity contribution in [1.82, 2.24) is 10.2 Å². The Morgan fingerprint density at radius 2 is 2.29 bits per heavy atom. The van der Waals surface area contributed by atoms with Crippen molar-refractivity contribution >= 4 is 21.3 Å². The maximum absolute atomic E-state index is 10.2. The van der Waals surface area contributed by atoms with E-state index in [4.69, 9.17) is 0 Å². The van der Waals surface area contributed by atoms with Crippen LogP contribution >= 0.6 is 0 Å². The molecule has 1 aromatic heterocycles. The standard InChI is InChI=1S/C3H3AsN2O/c4-2-1-3(7)6-5-2/h1H,(H2,5,6,7). The van der Waals surface area contributed by atoms with E-state index >= 15 is 0 Å². The molecule has 0 spiro atoms. The summed E-state index contributed by atoms with van der Waals surface area (Å²) in [7, 11) is 0. The zero-order chi connectivity index (χ0) is 5.28. The average Bonchev–Trinajstić information content (AvgIpc) is 1.87. The number of nitrogens with one attached hydrogen (secondary N) is 2. The predicted molar refractivity (Wildman–Crippen MR) is 26.8 cm³/mol. The molecule has 0 atom stereocenters. The molecule has 36 valence electrons. The van der Waals surface area contributed by atoms with Crippen LogP contribution in [0.3, 0.4) is 0 Å². The van der Waals surface area contributed by atoms with Crippen molar-refractivity contribution in [3.63, 3.8) is 0 Å². The Bertz CT molecular complexity index is 201. The van der Waals surface area contributed by atoms with E-state index in [0.29, 0.717) is 0 Å². The van der Waals surface area contributed by atoms with Gasteiger partial charge < -0.3 is 0 Å². The van der Waals surface area contributed by atoms with Gasteiger partial charge in [0.1, 0.15) is 0 Å². The molecular formula is C3H3AsN2O. The van der Waals surface area contributed by atoms with E-state index in [9.17, 15) is 4.79 Å². The zero-order valence-corrected chi connectivity index (χ0v) is 5.31. The molecule has 2 radical (unpaired) electrons. The second kappa shape index (κ2) is 1.58. The summed E-state index contributed by atoms with van der Waals surface area (Å²) in [6.45, 7) is 0. The Kier molecular flexibility index (Phi) is 1.07. The summed E-state index contributed by atoms with van der Waals surface area (Å²) in [5.41, 5.74) is -0.0874. The van der Waals surface area contributed by atoms with E-state index in [2.05, 4.69) is 27.1 Å². The summed E-state index contributed by atoms with van der Waals surface area (Å²) in [6, 6.07) is 1.47. The van der Waals surface area contributed by atoms with E-state index in [-0.39, 0.29) is 5.56 Å². The van der Waals surface area contributed by atoms with Crippen molar-refractivity contribution < 1.29 is 0 Å². The monoisotopic (exact) mass is 158 g/mol. The number of hydrogen-bond donors (Lipinski definition) is 2. The number of aromatic amines is 2. The van der Waals surface area contributed by atoms with Crippen LogP contribution < -0.4 is 10.0 Å². The molecular weight excluding hydrogens is 155 g/mol. The third-order valence-electron chi connectivity index (χ3n) is 0.582. The first-order chi connectivity index (χ1) is 3.29. The van der Waals surface area contributed by atoms with Crippen molar-refractivity contribution in [1.29, 1.82) is 0 Å². The number of rotatable bonds is 0. The second-order valence-electron chi connectivity index (χ2n) is 1.14. The quantitative estimate of drug-likeness (QED) is 0.443. The van der Waals surface area contributed by atoms with Gasteiger partial charge in [0, 0.05) is 0 Å². The number of H-pyrrole nitrogens is 2. The van der Waals surface area contributed by atoms with Gasteiger partial charge in [-0.05, 0) is 0 Å². The van der Waals surface area contributed by atoms with Gasteiger partial charge in [-0.25, -0.2) is 0 Å². The van der Waals surface area contributed by atoms with E-state index < -0.39 is 0 Å². The summed E-state index contributed by atoms with van der Waals surface area (Å²) in [6.07, 6.45) is 0. The molecule has 1 heterocycles. The fourth-order valence-corrected chi connectivity index (χ4v) is 0.685. The van der Waals surface area contributed by atoms with Crippen LogP contribution in [0.5, 0.6) is 0 Å². The third-order valence-corrected chi connectivity index (χ3v) is 1.09. The van der Waals surface area contributed by atoms with Gasteiger partial charge in [-0.2, -0.15) is 0 Å². The molecule has 0 amide bonds. The summed E-state index contributed by atoms with van der Waals surface area (Å²) in [5, 5.41) is 4.98. The minimum atomic E-state index is -0.0874. The van der Waals surface area contributed by atoms with Gasteiger partial charge in [-0.15, -0.1) is 0 Å². The summed E-state index contributed by atoms with van der Waals surface area (Å²) < 4.78 is 0.803. The van der Waals surface area contributed by atoms with Gasteiger partial charge in [0.25, 0.3) is 0 Å². The van der Waals surface area contributed by atoms with E-state index in [1.807, 2.05) is 0 Å². The molecule has 1 aromatic rings. The molecule has 0 bridgehead atoms. The fourth-order valence-electron chi connectivity index (χ4n) is 0.322. The van der Waals surface area contributed by atoms with Crippen molar-refractivity contribution in [3.05, 3.63) is 16.4 Å². The molecule has 1 rings (SSSR count). The van der Waals surface area contributed by atoms with Gasteiger partial charge in [0.2, 0.25) is 0 Å². The van der Waals surface area contributed by atoms with Gasteiger partial charge in [0.05, 0.1) is 0 Å². The first-order valence-electron chi connectivity index (χ1n) is 1.76. The van der Waals surface area contributed by atoms with Crippen molar-refractivity contribution in [2.45, 2.75) is 0 Å². The molecule has 7 heavy (non-hydrogen) atoms. The number of aromatic nitrogens is 2. The molecule has 2 N–H and O–H groups in total. The normalized spacial score (nSPS) is 9.29. The first-order valence-corrected chi connectivity index (χ1v) is 2.69. The Hall–Kier alpha value is -0.432. The molecule has 4 heteroatoms. The fraction of sp³-hybridized carbons (Fsp3) is 0. The van der Waals surface area contributed by atoms with Crippen LogP contribution in [0, 0.1) is 0 Å². The van der Waals surface area contributed by atoms with E-state index in [1.54, 1.807) is 0 Å².